The first kappa shape index (κ1) is 12.4. The van der Waals surface area contributed by atoms with E-state index in [1.165, 1.54) is 0 Å². The van der Waals surface area contributed by atoms with Crippen molar-refractivity contribution < 1.29 is 14.7 Å². The Kier molecular flexibility index (Phi) is 4.65. The molecule has 0 aliphatic heterocycles. The van der Waals surface area contributed by atoms with Gasteiger partial charge in [-0.05, 0) is 17.7 Å². The van der Waals surface area contributed by atoms with E-state index in [1.54, 1.807) is 24.3 Å². The predicted octanol–water partition coefficient (Wildman–Crippen LogP) is 1.30. The second-order valence-electron chi connectivity index (χ2n) is 3.07. The molecule has 5 nitrogen and oxygen atoms in total. The van der Waals surface area contributed by atoms with Crippen LogP contribution in [0.3, 0.4) is 0 Å². The van der Waals surface area contributed by atoms with E-state index in [0.29, 0.717) is 12.2 Å². The molecule has 16 heavy (non-hydrogen) atoms. The number of aliphatic carboxylic acids is 1. The fraction of sp³-hybridized carbons (Fsp3) is 0.200. The van der Waals surface area contributed by atoms with Gasteiger partial charge in [0, 0.05) is 12.2 Å². The second kappa shape index (κ2) is 6.02. The van der Waals surface area contributed by atoms with Crippen LogP contribution in [0, 0.1) is 0 Å². The Morgan fingerprint density at radius 3 is 2.50 bits per heavy atom. The number of carboxylic acids is 1. The summed E-state index contributed by atoms with van der Waals surface area (Å²) >= 11 is 0.733. The summed E-state index contributed by atoms with van der Waals surface area (Å²) in [6, 6.07) is 7.09. The number of hydrogen-bond donors (Lipinski definition) is 3. The number of carbonyl (C=O) groups excluding carboxylic acids is 1. The molecule has 1 aromatic rings. The van der Waals surface area contributed by atoms with Gasteiger partial charge >= 0.3 is 5.97 Å². The summed E-state index contributed by atoms with van der Waals surface area (Å²) in [5, 5.41) is 10.6. The van der Waals surface area contributed by atoms with Crippen molar-refractivity contribution in [1.82, 2.24) is 5.32 Å². The fourth-order valence-corrected chi connectivity index (χ4v) is 1.42. The van der Waals surface area contributed by atoms with Crippen LogP contribution in [-0.4, -0.2) is 22.1 Å². The zero-order chi connectivity index (χ0) is 12.0. The predicted molar refractivity (Wildman–Crippen MR) is 63.2 cm³/mol. The van der Waals surface area contributed by atoms with Crippen molar-refractivity contribution in [2.24, 2.45) is 0 Å². The average molecular weight is 240 g/mol. The minimum Gasteiger partial charge on any atom is -0.481 e. The van der Waals surface area contributed by atoms with Gasteiger partial charge in [0.15, 0.2) is 0 Å². The molecule has 4 N–H and O–H groups in total. The summed E-state index contributed by atoms with van der Waals surface area (Å²) < 4.78 is 0. The third-order valence-corrected chi connectivity index (χ3v) is 2.54. The van der Waals surface area contributed by atoms with Crippen molar-refractivity contribution in [2.45, 2.75) is 6.54 Å². The van der Waals surface area contributed by atoms with Gasteiger partial charge in [0.25, 0.3) is 5.24 Å². The van der Waals surface area contributed by atoms with Crippen molar-refractivity contribution in [3.8, 4) is 0 Å². The zero-order valence-corrected chi connectivity index (χ0v) is 9.29. The van der Waals surface area contributed by atoms with Crippen LogP contribution in [0.4, 0.5) is 10.5 Å². The molecule has 0 heterocycles. The number of hydrogen-bond acceptors (Lipinski definition) is 4. The molecule has 0 saturated heterocycles. The van der Waals surface area contributed by atoms with Crippen molar-refractivity contribution in [3.63, 3.8) is 0 Å². The van der Waals surface area contributed by atoms with Crippen LogP contribution in [0.2, 0.25) is 0 Å². The van der Waals surface area contributed by atoms with Gasteiger partial charge in [-0.25, -0.2) is 0 Å². The molecule has 0 saturated carbocycles. The molecule has 0 spiro atoms. The lowest BCUT2D eigenvalue weighted by atomic mass is 10.2. The van der Waals surface area contributed by atoms with Gasteiger partial charge in [-0.2, -0.15) is 0 Å². The Morgan fingerprint density at radius 1 is 1.31 bits per heavy atom. The Balaban J connectivity index is 2.31. The molecule has 86 valence electrons. The summed E-state index contributed by atoms with van der Waals surface area (Å²) in [6.07, 6.45) is 0. The quantitative estimate of drug-likeness (QED) is 0.690. The summed E-state index contributed by atoms with van der Waals surface area (Å²) in [6.45, 7) is 0.367. The average Bonchev–Trinajstić information content (AvgIpc) is 2.25. The number of carbonyl (C=O) groups is 2. The summed E-state index contributed by atoms with van der Waals surface area (Å²) in [7, 11) is 0. The number of nitrogens with two attached hydrogens (primary N) is 1. The van der Waals surface area contributed by atoms with E-state index >= 15 is 0 Å². The molecule has 0 unspecified atom stereocenters. The Labute approximate surface area is 97.0 Å². The van der Waals surface area contributed by atoms with Crippen molar-refractivity contribution in [1.29, 1.82) is 0 Å². The van der Waals surface area contributed by atoms with E-state index in [1.807, 2.05) is 0 Å². The van der Waals surface area contributed by atoms with E-state index < -0.39 is 5.97 Å². The highest BCUT2D eigenvalue weighted by Crippen LogP contribution is 2.06. The van der Waals surface area contributed by atoms with Gasteiger partial charge in [0.05, 0.1) is 0 Å². The van der Waals surface area contributed by atoms with Crippen LogP contribution in [0.15, 0.2) is 24.3 Å². The number of amides is 1. The SMILES string of the molecule is Nc1ccc(CNC(=O)SCC(=O)O)cc1. The summed E-state index contributed by atoms with van der Waals surface area (Å²) in [4.78, 5) is 21.4. The van der Waals surface area contributed by atoms with Crippen molar-refractivity contribution in [2.75, 3.05) is 11.5 Å². The molecular weight excluding hydrogens is 228 g/mol. The number of anilines is 1. The molecule has 0 atom stereocenters. The number of thioether (sulfide) groups is 1. The smallest absolute Gasteiger partial charge is 0.314 e. The lowest BCUT2D eigenvalue weighted by Crippen LogP contribution is -2.19. The highest BCUT2D eigenvalue weighted by Gasteiger charge is 2.05. The van der Waals surface area contributed by atoms with Gasteiger partial charge in [0.1, 0.15) is 5.75 Å². The largest absolute Gasteiger partial charge is 0.481 e. The van der Waals surface area contributed by atoms with Crippen LogP contribution >= 0.6 is 11.8 Å². The van der Waals surface area contributed by atoms with Crippen LogP contribution in [-0.2, 0) is 11.3 Å². The highest BCUT2D eigenvalue weighted by molar-refractivity contribution is 8.14. The number of nitrogens with one attached hydrogen (secondary N) is 1. The lowest BCUT2D eigenvalue weighted by Gasteiger charge is -2.04. The number of benzene rings is 1. The maximum absolute atomic E-state index is 11.2. The van der Waals surface area contributed by atoms with Gasteiger partial charge in [0.2, 0.25) is 0 Å². The summed E-state index contributed by atoms with van der Waals surface area (Å²) in [5.41, 5.74) is 7.08. The monoisotopic (exact) mass is 240 g/mol. The molecule has 0 aliphatic rings. The Bertz CT molecular complexity index is 378. The molecule has 0 fully saturated rings. The van der Waals surface area contributed by atoms with Gasteiger partial charge in [-0.1, -0.05) is 23.9 Å². The van der Waals surface area contributed by atoms with Crippen LogP contribution in [0.1, 0.15) is 5.56 Å². The van der Waals surface area contributed by atoms with Crippen LogP contribution in [0.5, 0.6) is 0 Å². The molecule has 1 aromatic carbocycles. The molecule has 0 aliphatic carbocycles. The first-order chi connectivity index (χ1) is 7.58. The third kappa shape index (κ3) is 4.70. The molecule has 0 bridgehead atoms. The Hall–Kier alpha value is -1.69. The normalized spacial score (nSPS) is 9.75. The van der Waals surface area contributed by atoms with Crippen molar-refractivity contribution >= 4 is 28.7 Å². The van der Waals surface area contributed by atoms with Gasteiger partial charge in [-0.15, -0.1) is 0 Å². The van der Waals surface area contributed by atoms with Crippen molar-refractivity contribution in [3.05, 3.63) is 29.8 Å². The second-order valence-corrected chi connectivity index (χ2v) is 4.01. The minimum atomic E-state index is -1.01. The van der Waals surface area contributed by atoms with Crippen LogP contribution < -0.4 is 11.1 Å². The first-order valence-electron chi connectivity index (χ1n) is 4.55. The number of carboxylic acid groups (broad SMARTS) is 1. The van der Waals surface area contributed by atoms with Gasteiger partial charge < -0.3 is 16.2 Å². The molecule has 0 radical (unpaired) electrons. The topological polar surface area (TPSA) is 92.4 Å². The van der Waals surface area contributed by atoms with E-state index in [4.69, 9.17) is 10.8 Å². The number of rotatable bonds is 4. The molecule has 6 heteroatoms. The zero-order valence-electron chi connectivity index (χ0n) is 8.47. The minimum absolute atomic E-state index is 0.229. The summed E-state index contributed by atoms with van der Waals surface area (Å²) in [5.74, 6) is -1.24. The van der Waals surface area contributed by atoms with E-state index in [2.05, 4.69) is 5.32 Å². The van der Waals surface area contributed by atoms with E-state index in [0.717, 1.165) is 17.3 Å². The maximum atomic E-state index is 11.2. The maximum Gasteiger partial charge on any atom is 0.314 e. The molecule has 1 rings (SSSR count). The van der Waals surface area contributed by atoms with Crippen LogP contribution in [0.25, 0.3) is 0 Å². The fourth-order valence-electron chi connectivity index (χ4n) is 0.988. The molecular formula is C10H12N2O3S. The standard InChI is InChI=1S/C10H12N2O3S/c11-8-3-1-7(2-4-8)5-12-10(15)16-6-9(13)14/h1-4H,5-6,11H2,(H,12,15)(H,13,14). The first-order valence-corrected chi connectivity index (χ1v) is 5.53. The Morgan fingerprint density at radius 2 is 1.94 bits per heavy atom. The highest BCUT2D eigenvalue weighted by atomic mass is 32.2. The molecule has 1 amide bonds. The number of nitrogen functional groups attached to an aromatic ring is 1. The van der Waals surface area contributed by atoms with E-state index in [-0.39, 0.29) is 11.0 Å². The van der Waals surface area contributed by atoms with E-state index in [9.17, 15) is 9.59 Å². The van der Waals surface area contributed by atoms with Gasteiger partial charge in [-0.3, -0.25) is 9.59 Å². The molecule has 0 aromatic heterocycles. The lowest BCUT2D eigenvalue weighted by molar-refractivity contribution is -0.133. The third-order valence-electron chi connectivity index (χ3n) is 1.74.